The maximum absolute atomic E-state index is 12.5. The Morgan fingerprint density at radius 1 is 1.00 bits per heavy atom. The van der Waals surface area contributed by atoms with Crippen molar-refractivity contribution in [3.63, 3.8) is 0 Å². The number of hydrogen-bond donors (Lipinski definition) is 0. The molecule has 2 aliphatic heterocycles. The summed E-state index contributed by atoms with van der Waals surface area (Å²) in [6.45, 7) is 2.37. The average molecular weight is 529 g/mol. The molecule has 3 aromatic rings. The van der Waals surface area contributed by atoms with Crippen LogP contribution in [0.25, 0.3) is 11.1 Å². The topological polar surface area (TPSA) is 12.5 Å². The molecule has 1 fully saturated rings. The first-order chi connectivity index (χ1) is 17.1. The number of thioether (sulfide) groups is 1. The molecule has 3 aromatic carbocycles. The lowest BCUT2D eigenvalue weighted by Gasteiger charge is -2.19. The highest BCUT2D eigenvalue weighted by Crippen LogP contribution is 2.44. The normalized spacial score (nSPS) is 18.4. The fourth-order valence-corrected chi connectivity index (χ4v) is 6.50. The van der Waals surface area contributed by atoms with Gasteiger partial charge in [-0.3, -0.25) is 9.29 Å². The molecular weight excluding hydrogens is 500 g/mol. The second-order valence-corrected chi connectivity index (χ2v) is 10.9. The van der Waals surface area contributed by atoms with E-state index in [1.165, 1.54) is 21.6 Å². The first kappa shape index (κ1) is 24.7. The van der Waals surface area contributed by atoms with Crippen molar-refractivity contribution in [3.8, 4) is 5.75 Å². The monoisotopic (exact) mass is 527 g/mol. The molecule has 182 valence electrons. The second kappa shape index (κ2) is 11.4. The predicted molar refractivity (Wildman–Crippen MR) is 147 cm³/mol. The summed E-state index contributed by atoms with van der Waals surface area (Å²) in [7, 11) is 0. The van der Waals surface area contributed by atoms with Gasteiger partial charge in [0.05, 0.1) is 6.67 Å². The predicted octanol–water partition coefficient (Wildman–Crippen LogP) is 8.26. The van der Waals surface area contributed by atoms with Crippen molar-refractivity contribution in [3.05, 3.63) is 93.5 Å². The van der Waals surface area contributed by atoms with Gasteiger partial charge < -0.3 is 4.74 Å². The first-order valence-electron chi connectivity index (χ1n) is 12.1. The summed E-state index contributed by atoms with van der Waals surface area (Å²) in [4.78, 5) is 3.56. The Labute approximate surface area is 221 Å². The number of likely N-dealkylation sites (tertiary alicyclic amines) is 1. The number of halogens is 3. The van der Waals surface area contributed by atoms with Gasteiger partial charge in [-0.1, -0.05) is 59.6 Å². The summed E-state index contributed by atoms with van der Waals surface area (Å²) < 4.78 is 18.8. The van der Waals surface area contributed by atoms with E-state index >= 15 is 0 Å². The van der Waals surface area contributed by atoms with E-state index in [1.54, 1.807) is 0 Å². The molecule has 1 saturated heterocycles. The summed E-state index contributed by atoms with van der Waals surface area (Å²) in [5.41, 5.74) is 5.84. The smallest absolute Gasteiger partial charge is 0.119 e. The summed E-state index contributed by atoms with van der Waals surface area (Å²) in [5.74, 6) is 1.85. The highest BCUT2D eigenvalue weighted by Gasteiger charge is 2.24. The van der Waals surface area contributed by atoms with E-state index in [4.69, 9.17) is 27.9 Å². The van der Waals surface area contributed by atoms with Gasteiger partial charge in [0.1, 0.15) is 11.9 Å². The molecule has 6 heteroatoms. The SMILES string of the molecule is FCCCN1CC[C@H](Oc2ccc(C3=C(c4ccc(Cl)cc4Cl)CCSc4ccccc43)cc2)C1. The molecule has 0 aliphatic carbocycles. The first-order valence-corrected chi connectivity index (χ1v) is 13.8. The van der Waals surface area contributed by atoms with Gasteiger partial charge in [0.2, 0.25) is 0 Å². The molecule has 0 N–H and O–H groups in total. The van der Waals surface area contributed by atoms with Crippen LogP contribution < -0.4 is 4.74 Å². The number of fused-ring (bicyclic) bond motifs is 1. The molecule has 2 heterocycles. The number of hydrogen-bond acceptors (Lipinski definition) is 3. The Hall–Kier alpha value is -1.98. The molecule has 2 nitrogen and oxygen atoms in total. The fraction of sp³-hybridized carbons (Fsp3) is 0.310. The van der Waals surface area contributed by atoms with E-state index in [-0.39, 0.29) is 12.8 Å². The minimum atomic E-state index is -0.260. The van der Waals surface area contributed by atoms with Crippen molar-refractivity contribution in [2.75, 3.05) is 32.1 Å². The van der Waals surface area contributed by atoms with Crippen LogP contribution in [0.4, 0.5) is 4.39 Å². The van der Waals surface area contributed by atoms with E-state index in [0.717, 1.165) is 55.1 Å². The van der Waals surface area contributed by atoms with Crippen molar-refractivity contribution in [2.45, 2.75) is 30.3 Å². The quantitative estimate of drug-likeness (QED) is 0.306. The average Bonchev–Trinajstić information content (AvgIpc) is 3.22. The summed E-state index contributed by atoms with van der Waals surface area (Å²) in [6.07, 6.45) is 2.63. The minimum Gasteiger partial charge on any atom is -0.489 e. The summed E-state index contributed by atoms with van der Waals surface area (Å²) in [5, 5.41) is 1.31. The molecule has 35 heavy (non-hydrogen) atoms. The van der Waals surface area contributed by atoms with Crippen molar-refractivity contribution < 1.29 is 9.13 Å². The maximum Gasteiger partial charge on any atom is 0.119 e. The standard InChI is InChI=1S/C29H28Cl2FNOS/c30-21-8-11-24(27(31)18-21)25-13-17-35-28-5-2-1-4-26(28)29(25)20-6-9-22(10-7-20)34-23-12-16-33(19-23)15-3-14-32/h1-2,4-11,18,23H,3,12-17,19H2/t23-/m0/s1. The maximum atomic E-state index is 12.5. The van der Waals surface area contributed by atoms with Crippen LogP contribution in [0.15, 0.2) is 71.6 Å². The summed E-state index contributed by atoms with van der Waals surface area (Å²) in [6, 6.07) is 22.8. The molecule has 0 spiro atoms. The Balaban J connectivity index is 1.47. The van der Waals surface area contributed by atoms with Crippen molar-refractivity contribution in [2.24, 2.45) is 0 Å². The Morgan fingerprint density at radius 3 is 2.63 bits per heavy atom. The molecular formula is C29H28Cl2FNOS. The van der Waals surface area contributed by atoms with Crippen molar-refractivity contribution >= 4 is 46.1 Å². The minimum absolute atomic E-state index is 0.151. The zero-order valence-corrected chi connectivity index (χ0v) is 21.8. The highest BCUT2D eigenvalue weighted by molar-refractivity contribution is 7.99. The summed E-state index contributed by atoms with van der Waals surface area (Å²) >= 11 is 14.8. The third-order valence-electron chi connectivity index (χ3n) is 6.61. The van der Waals surface area contributed by atoms with Gasteiger partial charge in [-0.05, 0) is 77.4 Å². The van der Waals surface area contributed by atoms with Crippen LogP contribution in [-0.4, -0.2) is 43.1 Å². The molecule has 0 radical (unpaired) electrons. The molecule has 2 aliphatic rings. The molecule has 1 atom stereocenters. The Morgan fingerprint density at radius 2 is 1.83 bits per heavy atom. The Bertz CT molecular complexity index is 1210. The van der Waals surface area contributed by atoms with Gasteiger partial charge in [0.15, 0.2) is 0 Å². The third kappa shape index (κ3) is 5.72. The van der Waals surface area contributed by atoms with E-state index in [1.807, 2.05) is 30.0 Å². The number of rotatable bonds is 7. The van der Waals surface area contributed by atoms with Crippen LogP contribution in [0.3, 0.4) is 0 Å². The van der Waals surface area contributed by atoms with Gasteiger partial charge in [0, 0.05) is 40.3 Å². The zero-order valence-electron chi connectivity index (χ0n) is 19.5. The van der Waals surface area contributed by atoms with Crippen LogP contribution in [0.2, 0.25) is 10.0 Å². The zero-order chi connectivity index (χ0) is 24.2. The molecule has 0 bridgehead atoms. The van der Waals surface area contributed by atoms with E-state index in [2.05, 4.69) is 53.4 Å². The van der Waals surface area contributed by atoms with Crippen LogP contribution in [-0.2, 0) is 0 Å². The van der Waals surface area contributed by atoms with Gasteiger partial charge >= 0.3 is 0 Å². The third-order valence-corrected chi connectivity index (χ3v) is 8.23. The number of allylic oxidation sites excluding steroid dienone is 1. The lowest BCUT2D eigenvalue weighted by Crippen LogP contribution is -2.26. The molecule has 0 amide bonds. The molecule has 0 unspecified atom stereocenters. The van der Waals surface area contributed by atoms with Crippen molar-refractivity contribution in [1.82, 2.24) is 4.90 Å². The largest absolute Gasteiger partial charge is 0.489 e. The number of benzene rings is 3. The van der Waals surface area contributed by atoms with E-state index in [0.29, 0.717) is 16.5 Å². The van der Waals surface area contributed by atoms with E-state index < -0.39 is 0 Å². The Kier molecular flexibility index (Phi) is 8.04. The number of ether oxygens (including phenoxy) is 1. The van der Waals surface area contributed by atoms with Gasteiger partial charge in [0.25, 0.3) is 0 Å². The van der Waals surface area contributed by atoms with Gasteiger partial charge in [-0.25, -0.2) is 0 Å². The lowest BCUT2D eigenvalue weighted by molar-refractivity contribution is 0.198. The van der Waals surface area contributed by atoms with Crippen molar-refractivity contribution in [1.29, 1.82) is 0 Å². The van der Waals surface area contributed by atoms with Crippen LogP contribution in [0.5, 0.6) is 5.75 Å². The molecule has 5 rings (SSSR count). The number of nitrogens with zero attached hydrogens (tertiary/aromatic N) is 1. The fourth-order valence-electron chi connectivity index (χ4n) is 4.96. The second-order valence-electron chi connectivity index (χ2n) is 8.97. The van der Waals surface area contributed by atoms with Gasteiger partial charge in [-0.2, -0.15) is 0 Å². The highest BCUT2D eigenvalue weighted by atomic mass is 35.5. The van der Waals surface area contributed by atoms with Crippen LogP contribution >= 0.6 is 35.0 Å². The van der Waals surface area contributed by atoms with E-state index in [9.17, 15) is 4.39 Å². The van der Waals surface area contributed by atoms with Crippen LogP contribution in [0.1, 0.15) is 36.0 Å². The lowest BCUT2D eigenvalue weighted by atomic mass is 9.88. The number of alkyl halides is 1. The molecule has 0 aromatic heterocycles. The van der Waals surface area contributed by atoms with Gasteiger partial charge in [-0.15, -0.1) is 11.8 Å². The van der Waals surface area contributed by atoms with Crippen LogP contribution in [0, 0.1) is 0 Å². The molecule has 0 saturated carbocycles.